The maximum Gasteiger partial charge on any atom is 0.231 e. The van der Waals surface area contributed by atoms with Crippen LogP contribution < -0.4 is 19.9 Å². The molecule has 0 saturated heterocycles. The maximum absolute atomic E-state index is 10.9. The zero-order chi connectivity index (χ0) is 14.2. The van der Waals surface area contributed by atoms with Crippen LogP contribution in [0.4, 0.5) is 5.82 Å². The minimum Gasteiger partial charge on any atom is -0.454 e. The molecular weight excluding hydrogens is 282 g/mol. The number of anilines is 1. The number of primary sulfonamides is 1. The van der Waals surface area contributed by atoms with E-state index in [0.717, 1.165) is 10.8 Å². The summed E-state index contributed by atoms with van der Waals surface area (Å²) in [4.78, 5) is 4.21. The van der Waals surface area contributed by atoms with Crippen LogP contribution in [-0.2, 0) is 10.0 Å². The molecule has 2 heterocycles. The van der Waals surface area contributed by atoms with Gasteiger partial charge in [-0.2, -0.15) is 0 Å². The number of hydrogen-bond donors (Lipinski definition) is 2. The molecule has 0 fully saturated rings. The monoisotopic (exact) mass is 295 g/mol. The van der Waals surface area contributed by atoms with E-state index < -0.39 is 10.0 Å². The Balaban J connectivity index is 1.91. The fraction of sp³-hybridized carbons (Fsp3) is 0.250. The highest BCUT2D eigenvalue weighted by Gasteiger charge is 2.15. The molecule has 106 valence electrons. The van der Waals surface area contributed by atoms with Crippen molar-refractivity contribution in [3.05, 3.63) is 24.4 Å². The maximum atomic E-state index is 10.9. The third-order valence-electron chi connectivity index (χ3n) is 2.94. The second-order valence-electron chi connectivity index (χ2n) is 4.38. The first-order chi connectivity index (χ1) is 9.53. The van der Waals surface area contributed by atoms with E-state index in [1.807, 2.05) is 18.2 Å². The fourth-order valence-electron chi connectivity index (χ4n) is 2.01. The van der Waals surface area contributed by atoms with Crippen LogP contribution in [0.25, 0.3) is 10.8 Å². The van der Waals surface area contributed by atoms with Gasteiger partial charge in [0.2, 0.25) is 16.8 Å². The van der Waals surface area contributed by atoms with Crippen molar-refractivity contribution in [1.82, 2.24) is 4.98 Å². The summed E-state index contributed by atoms with van der Waals surface area (Å²) in [6.45, 7) is 0.395. The van der Waals surface area contributed by atoms with Gasteiger partial charge in [-0.1, -0.05) is 0 Å². The number of rotatable bonds is 4. The molecule has 0 aliphatic carbocycles. The van der Waals surface area contributed by atoms with Crippen LogP contribution >= 0.6 is 0 Å². The lowest BCUT2D eigenvalue weighted by molar-refractivity contribution is 0.174. The number of sulfonamides is 1. The number of hydrogen-bond acceptors (Lipinski definition) is 6. The van der Waals surface area contributed by atoms with Crippen molar-refractivity contribution in [2.24, 2.45) is 5.14 Å². The summed E-state index contributed by atoms with van der Waals surface area (Å²) in [5, 5.41) is 9.70. The van der Waals surface area contributed by atoms with E-state index in [9.17, 15) is 8.42 Å². The van der Waals surface area contributed by atoms with E-state index in [4.69, 9.17) is 14.6 Å². The minimum absolute atomic E-state index is 0.157. The highest BCUT2D eigenvalue weighted by molar-refractivity contribution is 7.89. The quantitative estimate of drug-likeness (QED) is 0.859. The van der Waals surface area contributed by atoms with Crippen LogP contribution in [0.3, 0.4) is 0 Å². The average Bonchev–Trinajstić information content (AvgIpc) is 2.82. The Morgan fingerprint density at radius 3 is 2.80 bits per heavy atom. The molecule has 0 unspecified atom stereocenters. The third kappa shape index (κ3) is 2.61. The van der Waals surface area contributed by atoms with E-state index in [1.165, 1.54) is 0 Å². The van der Waals surface area contributed by atoms with E-state index in [1.54, 1.807) is 6.20 Å². The fourth-order valence-corrected chi connectivity index (χ4v) is 2.40. The molecule has 1 aromatic carbocycles. The Bertz CT molecular complexity index is 761. The molecule has 1 aliphatic rings. The van der Waals surface area contributed by atoms with Gasteiger partial charge in [-0.3, -0.25) is 0 Å². The number of ether oxygens (including phenoxy) is 2. The first kappa shape index (κ1) is 12.9. The normalized spacial score (nSPS) is 13.7. The average molecular weight is 295 g/mol. The largest absolute Gasteiger partial charge is 0.454 e. The summed E-state index contributed by atoms with van der Waals surface area (Å²) in [5.41, 5.74) is 0. The Morgan fingerprint density at radius 1 is 1.30 bits per heavy atom. The zero-order valence-corrected chi connectivity index (χ0v) is 11.3. The molecule has 0 spiro atoms. The SMILES string of the molecule is NS(=O)(=O)CCNc1nccc2cc3c(cc12)OCO3. The second kappa shape index (κ2) is 4.80. The summed E-state index contributed by atoms with van der Waals surface area (Å²) >= 11 is 0. The molecule has 2 aromatic rings. The number of aromatic nitrogens is 1. The van der Waals surface area contributed by atoms with Gasteiger partial charge in [-0.05, 0) is 23.6 Å². The summed E-state index contributed by atoms with van der Waals surface area (Å²) in [6, 6.07) is 5.54. The van der Waals surface area contributed by atoms with Crippen molar-refractivity contribution in [3.63, 3.8) is 0 Å². The molecule has 0 saturated carbocycles. The van der Waals surface area contributed by atoms with E-state index in [2.05, 4.69) is 10.3 Å². The summed E-state index contributed by atoms with van der Waals surface area (Å²) < 4.78 is 32.5. The van der Waals surface area contributed by atoms with Gasteiger partial charge in [0.25, 0.3) is 0 Å². The molecule has 3 N–H and O–H groups in total. The molecular formula is C12H13N3O4S. The topological polar surface area (TPSA) is 104 Å². The third-order valence-corrected chi connectivity index (χ3v) is 3.71. The van der Waals surface area contributed by atoms with Crippen LogP contribution in [0.1, 0.15) is 0 Å². The van der Waals surface area contributed by atoms with Gasteiger partial charge in [-0.15, -0.1) is 0 Å². The van der Waals surface area contributed by atoms with Crippen molar-refractivity contribution >= 4 is 26.6 Å². The number of nitrogens with zero attached hydrogens (tertiary/aromatic N) is 1. The molecule has 0 radical (unpaired) electrons. The van der Waals surface area contributed by atoms with E-state index in [-0.39, 0.29) is 19.1 Å². The van der Waals surface area contributed by atoms with Crippen molar-refractivity contribution in [2.45, 2.75) is 0 Å². The first-order valence-corrected chi connectivity index (χ1v) is 7.67. The lowest BCUT2D eigenvalue weighted by atomic mass is 10.1. The van der Waals surface area contributed by atoms with Crippen molar-refractivity contribution in [1.29, 1.82) is 0 Å². The lowest BCUT2D eigenvalue weighted by Crippen LogP contribution is -2.22. The summed E-state index contributed by atoms with van der Waals surface area (Å²) in [7, 11) is -3.49. The van der Waals surface area contributed by atoms with Crippen LogP contribution in [0.2, 0.25) is 0 Å². The molecule has 0 amide bonds. The van der Waals surface area contributed by atoms with E-state index >= 15 is 0 Å². The number of fused-ring (bicyclic) bond motifs is 2. The lowest BCUT2D eigenvalue weighted by Gasteiger charge is -2.08. The molecule has 1 aliphatic heterocycles. The van der Waals surface area contributed by atoms with Crippen LogP contribution in [0.15, 0.2) is 24.4 Å². The van der Waals surface area contributed by atoms with Crippen LogP contribution in [0.5, 0.6) is 11.5 Å². The van der Waals surface area contributed by atoms with Crippen molar-refractivity contribution in [2.75, 3.05) is 24.4 Å². The number of pyridine rings is 1. The standard InChI is InChI=1S/C12H13N3O4S/c13-20(16,17)4-3-15-12-9-6-11-10(18-7-19-11)5-8(9)1-2-14-12/h1-2,5-6H,3-4,7H2,(H,14,15)(H2,13,16,17). The summed E-state index contributed by atoms with van der Waals surface area (Å²) in [6.07, 6.45) is 1.64. The van der Waals surface area contributed by atoms with Gasteiger partial charge >= 0.3 is 0 Å². The molecule has 8 heteroatoms. The van der Waals surface area contributed by atoms with Crippen molar-refractivity contribution < 1.29 is 17.9 Å². The number of nitrogens with two attached hydrogens (primary N) is 1. The van der Waals surface area contributed by atoms with Gasteiger partial charge in [0.05, 0.1) is 5.75 Å². The Kier molecular flexibility index (Phi) is 3.11. The molecule has 0 atom stereocenters. The van der Waals surface area contributed by atoms with Gasteiger partial charge in [0, 0.05) is 18.1 Å². The van der Waals surface area contributed by atoms with Crippen LogP contribution in [0, 0.1) is 0 Å². The van der Waals surface area contributed by atoms with Gasteiger partial charge in [-0.25, -0.2) is 18.5 Å². The Hall–Kier alpha value is -2.06. The van der Waals surface area contributed by atoms with E-state index in [0.29, 0.717) is 17.3 Å². The van der Waals surface area contributed by atoms with Crippen LogP contribution in [-0.4, -0.2) is 32.5 Å². The highest BCUT2D eigenvalue weighted by atomic mass is 32.2. The van der Waals surface area contributed by atoms with Gasteiger partial charge in [0.15, 0.2) is 11.5 Å². The summed E-state index contributed by atoms with van der Waals surface area (Å²) in [5.74, 6) is 1.78. The van der Waals surface area contributed by atoms with Gasteiger partial charge in [0.1, 0.15) is 5.82 Å². The molecule has 3 rings (SSSR count). The molecule has 0 bridgehead atoms. The predicted molar refractivity (Wildman–Crippen MR) is 74.3 cm³/mol. The Labute approximate surface area is 115 Å². The highest BCUT2D eigenvalue weighted by Crippen LogP contribution is 2.37. The molecule has 1 aromatic heterocycles. The molecule has 20 heavy (non-hydrogen) atoms. The second-order valence-corrected chi connectivity index (χ2v) is 6.11. The number of nitrogens with one attached hydrogen (secondary N) is 1. The minimum atomic E-state index is -3.49. The molecule has 7 nitrogen and oxygen atoms in total. The first-order valence-electron chi connectivity index (χ1n) is 5.96. The Morgan fingerprint density at radius 2 is 2.05 bits per heavy atom. The predicted octanol–water partition coefficient (Wildman–Crippen LogP) is 0.664. The smallest absolute Gasteiger partial charge is 0.231 e. The number of benzene rings is 1. The van der Waals surface area contributed by atoms with Crippen molar-refractivity contribution in [3.8, 4) is 11.5 Å². The van der Waals surface area contributed by atoms with Gasteiger partial charge < -0.3 is 14.8 Å². The zero-order valence-electron chi connectivity index (χ0n) is 10.5.